The van der Waals surface area contributed by atoms with E-state index >= 15 is 0 Å². The number of aromatic nitrogens is 1. The molecule has 0 spiro atoms. The third-order valence-corrected chi connectivity index (χ3v) is 6.39. The zero-order valence-corrected chi connectivity index (χ0v) is 14.3. The number of carbonyl (C=O) groups is 1. The number of thiazole rings is 1. The van der Waals surface area contributed by atoms with Crippen molar-refractivity contribution in [1.29, 1.82) is 0 Å². The first kappa shape index (κ1) is 18.3. The molecule has 0 N–H and O–H groups in total. The lowest BCUT2D eigenvalue weighted by Gasteiger charge is -2.20. The van der Waals surface area contributed by atoms with E-state index < -0.39 is 16.0 Å². The lowest BCUT2D eigenvalue weighted by molar-refractivity contribution is -0.140. The number of rotatable bonds is 8. The van der Waals surface area contributed by atoms with Crippen molar-refractivity contribution in [2.45, 2.75) is 17.6 Å². The van der Waals surface area contributed by atoms with Crippen LogP contribution in [0, 0.1) is 6.92 Å². The van der Waals surface area contributed by atoms with Crippen molar-refractivity contribution in [1.82, 2.24) is 9.29 Å². The van der Waals surface area contributed by atoms with Gasteiger partial charge < -0.3 is 9.47 Å². The second-order valence-corrected chi connectivity index (χ2v) is 7.78. The smallest absolute Gasteiger partial charge is 0.306 e. The average molecular weight is 357 g/mol. The van der Waals surface area contributed by atoms with E-state index in [0.29, 0.717) is 5.69 Å². The van der Waals surface area contributed by atoms with Gasteiger partial charge in [-0.25, -0.2) is 13.4 Å². The molecule has 1 aromatic rings. The van der Waals surface area contributed by atoms with E-state index in [2.05, 4.69) is 9.72 Å². The maximum Gasteiger partial charge on any atom is 0.306 e. The molecule has 0 aliphatic carbocycles. The number of esters is 1. The summed E-state index contributed by atoms with van der Waals surface area (Å²) in [4.78, 5) is 15.1. The third kappa shape index (κ3) is 4.89. The minimum absolute atomic E-state index is 0.00727. The Morgan fingerprint density at radius 3 is 2.52 bits per heavy atom. The summed E-state index contributed by atoms with van der Waals surface area (Å²) in [5.41, 5.74) is 0.338. The van der Waals surface area contributed by atoms with Gasteiger partial charge >= 0.3 is 5.97 Å². The molecular formula is C11H17ClN2O5S2. The maximum absolute atomic E-state index is 12.6. The summed E-state index contributed by atoms with van der Waals surface area (Å²) in [5, 5.41) is 0. The predicted octanol–water partition coefficient (Wildman–Crippen LogP) is 1.31. The summed E-state index contributed by atoms with van der Waals surface area (Å²) in [7, 11) is -1.04. The molecule has 1 rings (SSSR count). The number of hydrogen-bond donors (Lipinski definition) is 0. The average Bonchev–Trinajstić information content (AvgIpc) is 2.77. The zero-order valence-electron chi connectivity index (χ0n) is 12.0. The minimum Gasteiger partial charge on any atom is -0.469 e. The maximum atomic E-state index is 12.6. The summed E-state index contributed by atoms with van der Waals surface area (Å²) in [6, 6.07) is 0. The van der Waals surface area contributed by atoms with Crippen molar-refractivity contribution in [2.24, 2.45) is 0 Å². The highest BCUT2D eigenvalue weighted by atomic mass is 35.5. The Morgan fingerprint density at radius 2 is 2.05 bits per heavy atom. The Hall–Kier alpha value is -0.740. The van der Waals surface area contributed by atoms with Gasteiger partial charge in [-0.3, -0.25) is 4.79 Å². The van der Waals surface area contributed by atoms with E-state index in [-0.39, 0.29) is 34.8 Å². The topological polar surface area (TPSA) is 85.8 Å². The molecule has 1 aromatic heterocycles. The molecule has 10 heteroatoms. The molecule has 0 radical (unpaired) electrons. The fourth-order valence-corrected chi connectivity index (χ4v) is 4.87. The van der Waals surface area contributed by atoms with Gasteiger partial charge in [0.2, 0.25) is 0 Å². The first-order chi connectivity index (χ1) is 9.82. The van der Waals surface area contributed by atoms with Crippen LogP contribution in [0.3, 0.4) is 0 Å². The van der Waals surface area contributed by atoms with Crippen molar-refractivity contribution in [2.75, 3.05) is 33.9 Å². The molecule has 0 bridgehead atoms. The lowest BCUT2D eigenvalue weighted by atomic mass is 10.4. The lowest BCUT2D eigenvalue weighted by Crippen LogP contribution is -2.35. The van der Waals surface area contributed by atoms with Crippen LogP contribution in [0.5, 0.6) is 0 Å². The normalized spacial score (nSPS) is 11.9. The molecule has 0 amide bonds. The van der Waals surface area contributed by atoms with E-state index in [1.807, 2.05) is 0 Å². The quantitative estimate of drug-likeness (QED) is 0.653. The van der Waals surface area contributed by atoms with Crippen LogP contribution < -0.4 is 0 Å². The van der Waals surface area contributed by atoms with E-state index in [1.54, 1.807) is 6.92 Å². The van der Waals surface area contributed by atoms with Gasteiger partial charge in [0.05, 0.1) is 25.8 Å². The standard InChI is InChI=1S/C11H17ClN2O5S2/c1-8-10(20-11(12)13-8)21(16,17)14(6-7-18-2)5-4-9(15)19-3/h4-7H2,1-3H3. The number of ether oxygens (including phenoxy) is 2. The Morgan fingerprint density at radius 1 is 1.38 bits per heavy atom. The summed E-state index contributed by atoms with van der Waals surface area (Å²) in [6.45, 7) is 1.92. The monoisotopic (exact) mass is 356 g/mol. The van der Waals surface area contributed by atoms with Crippen LogP contribution in [-0.2, 0) is 24.3 Å². The Labute approximate surface area is 132 Å². The summed E-state index contributed by atoms with van der Waals surface area (Å²) in [6.07, 6.45) is -0.0367. The first-order valence-corrected chi connectivity index (χ1v) is 8.65. The van der Waals surface area contributed by atoms with E-state index in [9.17, 15) is 13.2 Å². The third-order valence-electron chi connectivity index (χ3n) is 2.64. The highest BCUT2D eigenvalue weighted by Gasteiger charge is 2.29. The Balaban J connectivity index is 2.99. The van der Waals surface area contributed by atoms with Crippen molar-refractivity contribution in [3.63, 3.8) is 0 Å². The van der Waals surface area contributed by atoms with E-state index in [4.69, 9.17) is 16.3 Å². The second kappa shape index (κ2) is 8.04. The first-order valence-electron chi connectivity index (χ1n) is 6.01. The van der Waals surface area contributed by atoms with Crippen LogP contribution in [0.4, 0.5) is 0 Å². The highest BCUT2D eigenvalue weighted by molar-refractivity contribution is 7.91. The van der Waals surface area contributed by atoms with Crippen molar-refractivity contribution in [3.8, 4) is 0 Å². The predicted molar refractivity (Wildman–Crippen MR) is 79.1 cm³/mol. The van der Waals surface area contributed by atoms with E-state index in [0.717, 1.165) is 11.3 Å². The van der Waals surface area contributed by atoms with Crippen LogP contribution in [0.1, 0.15) is 12.1 Å². The molecule has 0 aliphatic rings. The molecule has 0 fully saturated rings. The highest BCUT2D eigenvalue weighted by Crippen LogP contribution is 2.29. The fraction of sp³-hybridized carbons (Fsp3) is 0.636. The van der Waals surface area contributed by atoms with Gasteiger partial charge in [0.25, 0.3) is 10.0 Å². The van der Waals surface area contributed by atoms with Crippen LogP contribution in [-0.4, -0.2) is 57.6 Å². The van der Waals surface area contributed by atoms with Crippen LogP contribution in [0.15, 0.2) is 4.21 Å². The van der Waals surface area contributed by atoms with Gasteiger partial charge in [0.15, 0.2) is 8.68 Å². The molecule has 0 saturated heterocycles. The number of sulfonamides is 1. The molecule has 0 aliphatic heterocycles. The SMILES string of the molecule is COCCN(CCC(=O)OC)S(=O)(=O)c1sc(Cl)nc1C. The van der Waals surface area contributed by atoms with Gasteiger partial charge in [-0.15, -0.1) is 0 Å². The molecule has 7 nitrogen and oxygen atoms in total. The summed E-state index contributed by atoms with van der Waals surface area (Å²) < 4.78 is 36.1. The number of halogens is 1. The largest absolute Gasteiger partial charge is 0.469 e. The van der Waals surface area contributed by atoms with Gasteiger partial charge in [0.1, 0.15) is 0 Å². The summed E-state index contributed by atoms with van der Waals surface area (Å²) >= 11 is 6.65. The number of hydrogen-bond acceptors (Lipinski definition) is 7. The van der Waals surface area contributed by atoms with Gasteiger partial charge in [-0.2, -0.15) is 4.31 Å². The van der Waals surface area contributed by atoms with Crippen molar-refractivity contribution < 1.29 is 22.7 Å². The molecular weight excluding hydrogens is 340 g/mol. The van der Waals surface area contributed by atoms with Crippen LogP contribution in [0.2, 0.25) is 4.47 Å². The number of carbonyl (C=O) groups excluding carboxylic acids is 1. The van der Waals surface area contributed by atoms with E-state index in [1.165, 1.54) is 18.5 Å². The fourth-order valence-electron chi connectivity index (χ4n) is 1.57. The molecule has 0 aromatic carbocycles. The molecule has 0 atom stereocenters. The molecule has 1 heterocycles. The van der Waals surface area contributed by atoms with Gasteiger partial charge in [-0.05, 0) is 6.92 Å². The molecule has 0 unspecified atom stereocenters. The second-order valence-electron chi connectivity index (χ2n) is 4.06. The number of aryl methyl sites for hydroxylation is 1. The van der Waals surface area contributed by atoms with Crippen LogP contribution >= 0.6 is 22.9 Å². The molecule has 0 saturated carbocycles. The Bertz CT molecular complexity index is 587. The molecule has 120 valence electrons. The van der Waals surface area contributed by atoms with Gasteiger partial charge in [-0.1, -0.05) is 22.9 Å². The molecule has 21 heavy (non-hydrogen) atoms. The van der Waals surface area contributed by atoms with Crippen LogP contribution in [0.25, 0.3) is 0 Å². The number of methoxy groups -OCH3 is 2. The minimum atomic E-state index is -3.77. The zero-order chi connectivity index (χ0) is 16.0. The van der Waals surface area contributed by atoms with Gasteiger partial charge in [0, 0.05) is 20.2 Å². The summed E-state index contributed by atoms with van der Waals surface area (Å²) in [5.74, 6) is -0.480. The Kier molecular flexibility index (Phi) is 7.01. The van der Waals surface area contributed by atoms with Crippen molar-refractivity contribution in [3.05, 3.63) is 10.2 Å². The van der Waals surface area contributed by atoms with Crippen molar-refractivity contribution >= 4 is 38.9 Å². The number of nitrogens with zero attached hydrogens (tertiary/aromatic N) is 2.